The maximum atomic E-state index is 12.7. The highest BCUT2D eigenvalue weighted by Crippen LogP contribution is 2.27. The molecule has 22 heavy (non-hydrogen) atoms. The Morgan fingerprint density at radius 2 is 2.27 bits per heavy atom. The van der Waals surface area contributed by atoms with E-state index in [-0.39, 0.29) is 11.8 Å². The van der Waals surface area contributed by atoms with E-state index in [0.29, 0.717) is 37.0 Å². The summed E-state index contributed by atoms with van der Waals surface area (Å²) in [5, 5.41) is 3.82. The standard InChI is InChI=1S/C16H19N3O3/c1-11-17-15(22-18-11)12-7-8-19(9-12)16(20)14-6-4-3-5-13(14)10-21-2/h3-6,12H,7-10H2,1-2H3/t12-/m1/s1. The van der Waals surface area contributed by atoms with Gasteiger partial charge in [-0.1, -0.05) is 23.4 Å². The first-order chi connectivity index (χ1) is 10.7. The van der Waals surface area contributed by atoms with Crippen LogP contribution in [0.15, 0.2) is 28.8 Å². The Kier molecular flexibility index (Phi) is 4.20. The zero-order chi connectivity index (χ0) is 15.5. The number of carbonyl (C=O) groups excluding carboxylic acids is 1. The molecule has 6 nitrogen and oxygen atoms in total. The maximum absolute atomic E-state index is 12.7. The minimum absolute atomic E-state index is 0.0337. The Balaban J connectivity index is 1.74. The number of benzene rings is 1. The lowest BCUT2D eigenvalue weighted by Crippen LogP contribution is -2.29. The third kappa shape index (κ3) is 2.87. The molecule has 3 rings (SSSR count). The lowest BCUT2D eigenvalue weighted by Gasteiger charge is -2.18. The molecule has 0 spiro atoms. The van der Waals surface area contributed by atoms with E-state index in [9.17, 15) is 4.79 Å². The molecule has 0 radical (unpaired) electrons. The van der Waals surface area contributed by atoms with Gasteiger partial charge in [-0.3, -0.25) is 4.79 Å². The Morgan fingerprint density at radius 3 is 3.00 bits per heavy atom. The monoisotopic (exact) mass is 301 g/mol. The highest BCUT2D eigenvalue weighted by atomic mass is 16.5. The van der Waals surface area contributed by atoms with E-state index >= 15 is 0 Å². The van der Waals surface area contributed by atoms with Crippen LogP contribution in [0.3, 0.4) is 0 Å². The molecule has 0 aliphatic carbocycles. The Labute approximate surface area is 129 Å². The molecule has 6 heteroatoms. The number of hydrogen-bond acceptors (Lipinski definition) is 5. The van der Waals surface area contributed by atoms with Gasteiger partial charge in [-0.2, -0.15) is 4.98 Å². The molecule has 0 bridgehead atoms. The van der Waals surface area contributed by atoms with E-state index in [4.69, 9.17) is 9.26 Å². The van der Waals surface area contributed by atoms with Crippen LogP contribution in [0, 0.1) is 6.92 Å². The molecule has 1 aromatic carbocycles. The second-order valence-electron chi connectivity index (χ2n) is 5.51. The van der Waals surface area contributed by atoms with Crippen molar-refractivity contribution in [2.75, 3.05) is 20.2 Å². The molecule has 1 atom stereocenters. The van der Waals surface area contributed by atoms with Gasteiger partial charge in [0, 0.05) is 25.8 Å². The molecule has 1 saturated heterocycles. The lowest BCUT2D eigenvalue weighted by atomic mass is 10.1. The zero-order valence-electron chi connectivity index (χ0n) is 12.8. The minimum Gasteiger partial charge on any atom is -0.380 e. The summed E-state index contributed by atoms with van der Waals surface area (Å²) in [5.74, 6) is 1.41. The largest absolute Gasteiger partial charge is 0.380 e. The molecule has 116 valence electrons. The average Bonchev–Trinajstić information content (AvgIpc) is 3.16. The fraction of sp³-hybridized carbons (Fsp3) is 0.438. The van der Waals surface area contributed by atoms with Crippen molar-refractivity contribution in [2.24, 2.45) is 0 Å². The first-order valence-electron chi connectivity index (χ1n) is 7.35. The topological polar surface area (TPSA) is 68.5 Å². The van der Waals surface area contributed by atoms with E-state index in [1.165, 1.54) is 0 Å². The molecule has 0 unspecified atom stereocenters. The normalized spacial score (nSPS) is 17.9. The summed E-state index contributed by atoms with van der Waals surface area (Å²) in [6.45, 7) is 3.54. The predicted molar refractivity (Wildman–Crippen MR) is 79.5 cm³/mol. The van der Waals surface area contributed by atoms with E-state index in [2.05, 4.69) is 10.1 Å². The highest BCUT2D eigenvalue weighted by molar-refractivity contribution is 5.95. The van der Waals surface area contributed by atoms with Gasteiger partial charge in [-0.25, -0.2) is 0 Å². The molecular formula is C16H19N3O3. The van der Waals surface area contributed by atoms with Crippen LogP contribution in [0.25, 0.3) is 0 Å². The summed E-state index contributed by atoms with van der Waals surface area (Å²) in [6, 6.07) is 7.56. The van der Waals surface area contributed by atoms with E-state index in [1.54, 1.807) is 14.0 Å². The molecular weight excluding hydrogens is 282 g/mol. The van der Waals surface area contributed by atoms with Crippen molar-refractivity contribution in [3.05, 3.63) is 47.1 Å². The first-order valence-corrected chi connectivity index (χ1v) is 7.35. The first kappa shape index (κ1) is 14.7. The van der Waals surface area contributed by atoms with Gasteiger partial charge in [-0.15, -0.1) is 0 Å². The smallest absolute Gasteiger partial charge is 0.254 e. The van der Waals surface area contributed by atoms with Gasteiger partial charge >= 0.3 is 0 Å². The van der Waals surface area contributed by atoms with Crippen LogP contribution in [0.1, 0.15) is 40.0 Å². The molecule has 2 heterocycles. The molecule has 1 aromatic heterocycles. The van der Waals surface area contributed by atoms with Crippen molar-refractivity contribution < 1.29 is 14.1 Å². The summed E-state index contributed by atoms with van der Waals surface area (Å²) >= 11 is 0. The van der Waals surface area contributed by atoms with Gasteiger partial charge < -0.3 is 14.2 Å². The van der Waals surface area contributed by atoms with Gasteiger partial charge in [0.15, 0.2) is 5.82 Å². The van der Waals surface area contributed by atoms with Crippen molar-refractivity contribution in [3.63, 3.8) is 0 Å². The van der Waals surface area contributed by atoms with E-state index < -0.39 is 0 Å². The van der Waals surface area contributed by atoms with Crippen molar-refractivity contribution in [2.45, 2.75) is 25.9 Å². The number of methoxy groups -OCH3 is 1. The third-order valence-corrected chi connectivity index (χ3v) is 3.92. The van der Waals surface area contributed by atoms with Crippen molar-refractivity contribution >= 4 is 5.91 Å². The fourth-order valence-corrected chi connectivity index (χ4v) is 2.81. The number of amides is 1. The Hall–Kier alpha value is -2.21. The Morgan fingerprint density at radius 1 is 1.45 bits per heavy atom. The number of likely N-dealkylation sites (tertiary alicyclic amines) is 1. The highest BCUT2D eigenvalue weighted by Gasteiger charge is 2.31. The summed E-state index contributed by atoms with van der Waals surface area (Å²) in [4.78, 5) is 18.8. The van der Waals surface area contributed by atoms with Crippen molar-refractivity contribution in [1.29, 1.82) is 0 Å². The maximum Gasteiger partial charge on any atom is 0.254 e. The van der Waals surface area contributed by atoms with E-state index in [0.717, 1.165) is 12.0 Å². The molecule has 2 aromatic rings. The number of carbonyl (C=O) groups is 1. The van der Waals surface area contributed by atoms with Gasteiger partial charge in [0.25, 0.3) is 5.91 Å². The fourth-order valence-electron chi connectivity index (χ4n) is 2.81. The summed E-state index contributed by atoms with van der Waals surface area (Å²) in [7, 11) is 1.63. The van der Waals surface area contributed by atoms with Gasteiger partial charge in [0.05, 0.1) is 12.5 Å². The minimum atomic E-state index is 0.0337. The average molecular weight is 301 g/mol. The van der Waals surface area contributed by atoms with Crippen molar-refractivity contribution in [3.8, 4) is 0 Å². The number of aryl methyl sites for hydroxylation is 1. The molecule has 1 aliphatic rings. The van der Waals surface area contributed by atoms with Gasteiger partial charge in [0.1, 0.15) is 0 Å². The molecule has 0 saturated carbocycles. The second kappa shape index (κ2) is 6.27. The van der Waals surface area contributed by atoms with Gasteiger partial charge in [-0.05, 0) is 25.0 Å². The summed E-state index contributed by atoms with van der Waals surface area (Å²) < 4.78 is 10.4. The number of aromatic nitrogens is 2. The number of hydrogen-bond donors (Lipinski definition) is 0. The van der Waals surface area contributed by atoms with Crippen LogP contribution in [-0.4, -0.2) is 41.1 Å². The number of ether oxygens (including phenoxy) is 1. The molecule has 1 fully saturated rings. The predicted octanol–water partition coefficient (Wildman–Crippen LogP) is 2.15. The van der Waals surface area contributed by atoms with Crippen LogP contribution in [0.2, 0.25) is 0 Å². The van der Waals surface area contributed by atoms with Crippen LogP contribution < -0.4 is 0 Å². The molecule has 1 aliphatic heterocycles. The van der Waals surface area contributed by atoms with E-state index in [1.807, 2.05) is 29.2 Å². The summed E-state index contributed by atoms with van der Waals surface area (Å²) in [5.41, 5.74) is 1.61. The van der Waals surface area contributed by atoms with Crippen LogP contribution in [-0.2, 0) is 11.3 Å². The zero-order valence-corrected chi connectivity index (χ0v) is 12.8. The number of nitrogens with zero attached hydrogens (tertiary/aromatic N) is 3. The summed E-state index contributed by atoms with van der Waals surface area (Å²) in [6.07, 6.45) is 0.847. The number of rotatable bonds is 4. The van der Waals surface area contributed by atoms with Crippen LogP contribution >= 0.6 is 0 Å². The molecule has 1 amide bonds. The van der Waals surface area contributed by atoms with Crippen LogP contribution in [0.5, 0.6) is 0 Å². The van der Waals surface area contributed by atoms with Crippen LogP contribution in [0.4, 0.5) is 0 Å². The van der Waals surface area contributed by atoms with Gasteiger partial charge in [0.2, 0.25) is 5.89 Å². The quantitative estimate of drug-likeness (QED) is 0.865. The second-order valence-corrected chi connectivity index (χ2v) is 5.51. The third-order valence-electron chi connectivity index (χ3n) is 3.92. The molecule has 0 N–H and O–H groups in total. The van der Waals surface area contributed by atoms with Crippen molar-refractivity contribution in [1.82, 2.24) is 15.0 Å². The Bertz CT molecular complexity index is 668. The lowest BCUT2D eigenvalue weighted by molar-refractivity contribution is 0.0784. The SMILES string of the molecule is COCc1ccccc1C(=O)N1CC[C@@H](c2nc(C)no2)C1.